The first-order valence-electron chi connectivity index (χ1n) is 7.67. The maximum Gasteiger partial charge on any atom is 0.339 e. The van der Waals surface area contributed by atoms with Crippen LogP contribution >= 0.6 is 11.6 Å². The number of aromatic carboxylic acids is 1. The van der Waals surface area contributed by atoms with Crippen LogP contribution in [-0.4, -0.2) is 48.2 Å². The molecule has 0 spiro atoms. The van der Waals surface area contributed by atoms with Crippen molar-refractivity contribution >= 4 is 23.3 Å². The zero-order valence-corrected chi connectivity index (χ0v) is 12.9. The Morgan fingerprint density at radius 1 is 1.19 bits per heavy atom. The van der Waals surface area contributed by atoms with Crippen LogP contribution in [0.25, 0.3) is 0 Å². The lowest BCUT2D eigenvalue weighted by Crippen LogP contribution is -2.41. The molecule has 2 aliphatic rings. The lowest BCUT2D eigenvalue weighted by atomic mass is 10.1. The number of piperidine rings is 1. The third-order valence-electron chi connectivity index (χ3n) is 4.62. The molecule has 0 radical (unpaired) electrons. The van der Waals surface area contributed by atoms with E-state index in [1.807, 2.05) is 12.1 Å². The van der Waals surface area contributed by atoms with E-state index in [0.29, 0.717) is 11.1 Å². The van der Waals surface area contributed by atoms with Gasteiger partial charge in [0.15, 0.2) is 0 Å². The predicted molar refractivity (Wildman–Crippen MR) is 84.5 cm³/mol. The highest BCUT2D eigenvalue weighted by atomic mass is 35.5. The number of likely N-dealkylation sites (tertiary alicyclic amines) is 1. The van der Waals surface area contributed by atoms with E-state index in [-0.39, 0.29) is 5.56 Å². The predicted octanol–water partition coefficient (Wildman–Crippen LogP) is 3.10. The first kappa shape index (κ1) is 14.7. The number of halogens is 1. The van der Waals surface area contributed by atoms with E-state index in [4.69, 9.17) is 11.6 Å². The van der Waals surface area contributed by atoms with Crippen LogP contribution in [0.1, 0.15) is 36.0 Å². The molecule has 0 aromatic heterocycles. The van der Waals surface area contributed by atoms with Crippen molar-refractivity contribution in [2.45, 2.75) is 31.7 Å². The van der Waals surface area contributed by atoms with E-state index >= 15 is 0 Å². The molecular weight excluding hydrogens is 288 g/mol. The molecule has 3 rings (SSSR count). The standard InChI is InChI=1S/C16H21ClN2O2/c17-13-5-4-6-14(15(13)16(20)21)19-10-7-12(11-19)18-8-2-1-3-9-18/h4-6,12H,1-3,7-11H2,(H,20,21). The first-order valence-corrected chi connectivity index (χ1v) is 8.05. The molecule has 2 aliphatic heterocycles. The summed E-state index contributed by atoms with van der Waals surface area (Å²) in [7, 11) is 0. The Hall–Kier alpha value is -1.26. The molecule has 1 atom stereocenters. The molecule has 21 heavy (non-hydrogen) atoms. The molecule has 0 amide bonds. The quantitative estimate of drug-likeness (QED) is 0.932. The summed E-state index contributed by atoms with van der Waals surface area (Å²) in [6.45, 7) is 4.17. The van der Waals surface area contributed by atoms with Crippen molar-refractivity contribution in [3.05, 3.63) is 28.8 Å². The van der Waals surface area contributed by atoms with Gasteiger partial charge >= 0.3 is 5.97 Å². The number of nitrogens with zero attached hydrogens (tertiary/aromatic N) is 2. The number of anilines is 1. The first-order chi connectivity index (χ1) is 10.2. The van der Waals surface area contributed by atoms with Gasteiger partial charge in [0.2, 0.25) is 0 Å². The number of carboxylic acids is 1. The van der Waals surface area contributed by atoms with Crippen LogP contribution in [0.4, 0.5) is 5.69 Å². The summed E-state index contributed by atoms with van der Waals surface area (Å²) >= 11 is 6.07. The Morgan fingerprint density at radius 2 is 1.95 bits per heavy atom. The number of carboxylic acid groups (broad SMARTS) is 1. The van der Waals surface area contributed by atoms with Gasteiger partial charge < -0.3 is 10.0 Å². The van der Waals surface area contributed by atoms with Crippen molar-refractivity contribution in [2.75, 3.05) is 31.1 Å². The minimum absolute atomic E-state index is 0.235. The zero-order valence-electron chi connectivity index (χ0n) is 12.1. The van der Waals surface area contributed by atoms with E-state index in [0.717, 1.165) is 25.2 Å². The maximum atomic E-state index is 11.5. The largest absolute Gasteiger partial charge is 0.478 e. The normalized spacial score (nSPS) is 23.5. The fourth-order valence-electron chi connectivity index (χ4n) is 3.53. The van der Waals surface area contributed by atoms with Crippen molar-refractivity contribution in [3.63, 3.8) is 0 Å². The molecule has 1 unspecified atom stereocenters. The van der Waals surface area contributed by atoms with E-state index in [1.165, 1.54) is 32.4 Å². The summed E-state index contributed by atoms with van der Waals surface area (Å²) in [6, 6.07) is 5.89. The summed E-state index contributed by atoms with van der Waals surface area (Å²) in [6.07, 6.45) is 5.01. The Morgan fingerprint density at radius 3 is 2.67 bits per heavy atom. The number of benzene rings is 1. The van der Waals surface area contributed by atoms with Gasteiger partial charge in [-0.3, -0.25) is 4.90 Å². The van der Waals surface area contributed by atoms with Crippen LogP contribution in [0.2, 0.25) is 5.02 Å². The smallest absolute Gasteiger partial charge is 0.339 e. The SMILES string of the molecule is O=C(O)c1c(Cl)cccc1N1CCC(N2CCCCC2)C1. The molecule has 2 heterocycles. The molecule has 5 heteroatoms. The number of carbonyl (C=O) groups is 1. The molecule has 0 bridgehead atoms. The molecule has 114 valence electrons. The van der Waals surface area contributed by atoms with Gasteiger partial charge in [0, 0.05) is 19.1 Å². The van der Waals surface area contributed by atoms with Crippen LogP contribution in [0.3, 0.4) is 0 Å². The van der Waals surface area contributed by atoms with Gasteiger partial charge in [0.1, 0.15) is 5.56 Å². The van der Waals surface area contributed by atoms with Gasteiger partial charge in [-0.2, -0.15) is 0 Å². The van der Waals surface area contributed by atoms with Crippen LogP contribution in [-0.2, 0) is 0 Å². The Kier molecular flexibility index (Phi) is 4.36. The number of hydrogen-bond donors (Lipinski definition) is 1. The number of hydrogen-bond acceptors (Lipinski definition) is 3. The van der Waals surface area contributed by atoms with Crippen LogP contribution in [0.5, 0.6) is 0 Å². The van der Waals surface area contributed by atoms with Gasteiger partial charge in [-0.1, -0.05) is 24.1 Å². The molecule has 0 saturated carbocycles. The molecule has 2 saturated heterocycles. The van der Waals surface area contributed by atoms with Crippen molar-refractivity contribution in [1.29, 1.82) is 0 Å². The monoisotopic (exact) mass is 308 g/mol. The molecular formula is C16H21ClN2O2. The van der Waals surface area contributed by atoms with Crippen LogP contribution in [0.15, 0.2) is 18.2 Å². The lowest BCUT2D eigenvalue weighted by molar-refractivity contribution is 0.0697. The molecule has 1 aromatic carbocycles. The topological polar surface area (TPSA) is 43.8 Å². The summed E-state index contributed by atoms with van der Waals surface area (Å²) in [5.74, 6) is -0.947. The van der Waals surface area contributed by atoms with Gasteiger partial charge in [0.25, 0.3) is 0 Å². The van der Waals surface area contributed by atoms with Crippen LogP contribution in [0, 0.1) is 0 Å². The lowest BCUT2D eigenvalue weighted by Gasteiger charge is -2.32. The average molecular weight is 309 g/mol. The minimum Gasteiger partial charge on any atom is -0.478 e. The van der Waals surface area contributed by atoms with Crippen molar-refractivity contribution in [2.24, 2.45) is 0 Å². The minimum atomic E-state index is -0.947. The fraction of sp³-hybridized carbons (Fsp3) is 0.562. The van der Waals surface area contributed by atoms with Gasteiger partial charge in [-0.25, -0.2) is 4.79 Å². The molecule has 1 aromatic rings. The highest BCUT2D eigenvalue weighted by molar-refractivity contribution is 6.34. The number of rotatable bonds is 3. The summed E-state index contributed by atoms with van der Waals surface area (Å²) in [5.41, 5.74) is 0.993. The van der Waals surface area contributed by atoms with E-state index in [2.05, 4.69) is 9.80 Å². The van der Waals surface area contributed by atoms with Crippen molar-refractivity contribution in [1.82, 2.24) is 4.90 Å². The van der Waals surface area contributed by atoms with Gasteiger partial charge in [-0.15, -0.1) is 0 Å². The van der Waals surface area contributed by atoms with Gasteiger partial charge in [0.05, 0.1) is 10.7 Å². The molecule has 2 fully saturated rings. The maximum absolute atomic E-state index is 11.5. The molecule has 0 aliphatic carbocycles. The second-order valence-electron chi connectivity index (χ2n) is 5.92. The molecule has 1 N–H and O–H groups in total. The highest BCUT2D eigenvalue weighted by Gasteiger charge is 2.30. The summed E-state index contributed by atoms with van der Waals surface area (Å²) in [4.78, 5) is 16.2. The molecule has 4 nitrogen and oxygen atoms in total. The third-order valence-corrected chi connectivity index (χ3v) is 4.93. The second kappa shape index (κ2) is 6.24. The summed E-state index contributed by atoms with van der Waals surface area (Å²) in [5, 5.41) is 9.72. The third kappa shape index (κ3) is 3.01. The van der Waals surface area contributed by atoms with E-state index < -0.39 is 5.97 Å². The Balaban J connectivity index is 1.77. The van der Waals surface area contributed by atoms with Gasteiger partial charge in [-0.05, 0) is 44.5 Å². The zero-order chi connectivity index (χ0) is 14.8. The summed E-state index contributed by atoms with van der Waals surface area (Å²) < 4.78 is 0. The van der Waals surface area contributed by atoms with Crippen molar-refractivity contribution < 1.29 is 9.90 Å². The fourth-order valence-corrected chi connectivity index (χ4v) is 3.78. The Labute approximate surface area is 130 Å². The second-order valence-corrected chi connectivity index (χ2v) is 6.33. The highest BCUT2D eigenvalue weighted by Crippen LogP contribution is 2.31. The average Bonchev–Trinajstić information content (AvgIpc) is 2.97. The van der Waals surface area contributed by atoms with Crippen molar-refractivity contribution in [3.8, 4) is 0 Å². The Bertz CT molecular complexity index is 529. The van der Waals surface area contributed by atoms with Crippen LogP contribution < -0.4 is 4.90 Å². The van der Waals surface area contributed by atoms with E-state index in [9.17, 15) is 9.90 Å². The van der Waals surface area contributed by atoms with E-state index in [1.54, 1.807) is 6.07 Å².